The molecule has 134 valence electrons. The summed E-state index contributed by atoms with van der Waals surface area (Å²) in [6.45, 7) is 2.68. The molecule has 2 aromatic carbocycles. The quantitative estimate of drug-likeness (QED) is 0.689. The number of hydrogen-bond acceptors (Lipinski definition) is 3. The highest BCUT2D eigenvalue weighted by molar-refractivity contribution is 5.77. The molecule has 1 atom stereocenters. The average Bonchev–Trinajstić information content (AvgIpc) is 3.08. The van der Waals surface area contributed by atoms with E-state index in [-0.39, 0.29) is 12.3 Å². The molecule has 1 unspecified atom stereocenters. The van der Waals surface area contributed by atoms with E-state index in [0.29, 0.717) is 13.1 Å². The Hall–Kier alpha value is -2.92. The number of benzene rings is 2. The van der Waals surface area contributed by atoms with Crippen LogP contribution in [0.4, 0.5) is 0 Å². The van der Waals surface area contributed by atoms with Gasteiger partial charge in [0.05, 0.1) is 18.6 Å². The SMILES string of the molecule is CC(O)(CC(=O)NCc1nccn1Cc1ccccc1)c1ccccc1. The predicted octanol–water partition coefficient (Wildman–Crippen LogP) is 2.85. The first-order chi connectivity index (χ1) is 12.5. The number of nitrogens with one attached hydrogen (secondary N) is 1. The Morgan fingerprint density at radius 3 is 2.46 bits per heavy atom. The molecule has 0 bridgehead atoms. The summed E-state index contributed by atoms with van der Waals surface area (Å²) in [5.41, 5.74) is 0.691. The summed E-state index contributed by atoms with van der Waals surface area (Å²) in [7, 11) is 0. The largest absolute Gasteiger partial charge is 0.385 e. The zero-order valence-electron chi connectivity index (χ0n) is 14.8. The van der Waals surface area contributed by atoms with Crippen molar-refractivity contribution in [2.24, 2.45) is 0 Å². The molecule has 5 heteroatoms. The monoisotopic (exact) mass is 349 g/mol. The molecule has 5 nitrogen and oxygen atoms in total. The molecule has 0 spiro atoms. The van der Waals surface area contributed by atoms with Crippen LogP contribution in [0.25, 0.3) is 0 Å². The third-order valence-electron chi connectivity index (χ3n) is 4.34. The highest BCUT2D eigenvalue weighted by atomic mass is 16.3. The van der Waals surface area contributed by atoms with Crippen LogP contribution in [-0.2, 0) is 23.5 Å². The smallest absolute Gasteiger partial charge is 0.223 e. The van der Waals surface area contributed by atoms with Gasteiger partial charge in [-0.3, -0.25) is 4.79 Å². The maximum absolute atomic E-state index is 12.3. The van der Waals surface area contributed by atoms with Gasteiger partial charge in [0.25, 0.3) is 0 Å². The van der Waals surface area contributed by atoms with Crippen LogP contribution < -0.4 is 5.32 Å². The van der Waals surface area contributed by atoms with Gasteiger partial charge in [0.1, 0.15) is 5.82 Å². The van der Waals surface area contributed by atoms with Crippen LogP contribution in [0.15, 0.2) is 73.1 Å². The van der Waals surface area contributed by atoms with Gasteiger partial charge in [-0.2, -0.15) is 0 Å². The normalized spacial score (nSPS) is 13.2. The van der Waals surface area contributed by atoms with Gasteiger partial charge in [-0.1, -0.05) is 60.7 Å². The zero-order valence-corrected chi connectivity index (χ0v) is 14.8. The van der Waals surface area contributed by atoms with Gasteiger partial charge in [0.15, 0.2) is 0 Å². The maximum Gasteiger partial charge on any atom is 0.223 e. The molecule has 1 heterocycles. The van der Waals surface area contributed by atoms with Gasteiger partial charge in [0, 0.05) is 18.9 Å². The summed E-state index contributed by atoms with van der Waals surface area (Å²) < 4.78 is 2.00. The van der Waals surface area contributed by atoms with Crippen LogP contribution in [0.1, 0.15) is 30.3 Å². The molecule has 0 saturated heterocycles. The van der Waals surface area contributed by atoms with Crippen molar-refractivity contribution < 1.29 is 9.90 Å². The molecule has 0 saturated carbocycles. The lowest BCUT2D eigenvalue weighted by molar-refractivity contribution is -0.126. The number of rotatable bonds is 7. The standard InChI is InChI=1S/C21H23N3O2/c1-21(26,18-10-6-3-7-11-18)14-20(25)23-15-19-22-12-13-24(19)16-17-8-4-2-5-9-17/h2-13,26H,14-16H2,1H3,(H,23,25). The molecule has 3 aromatic rings. The minimum Gasteiger partial charge on any atom is -0.385 e. The van der Waals surface area contributed by atoms with Crippen molar-refractivity contribution in [3.63, 3.8) is 0 Å². The van der Waals surface area contributed by atoms with Crippen molar-refractivity contribution in [2.75, 3.05) is 0 Å². The molecular weight excluding hydrogens is 326 g/mol. The highest BCUT2D eigenvalue weighted by Gasteiger charge is 2.26. The van der Waals surface area contributed by atoms with Crippen LogP contribution in [0, 0.1) is 0 Å². The lowest BCUT2D eigenvalue weighted by Crippen LogP contribution is -2.33. The molecule has 0 aliphatic rings. The third kappa shape index (κ3) is 4.58. The lowest BCUT2D eigenvalue weighted by Gasteiger charge is -2.23. The summed E-state index contributed by atoms with van der Waals surface area (Å²) >= 11 is 0. The van der Waals surface area contributed by atoms with E-state index in [2.05, 4.69) is 22.4 Å². The van der Waals surface area contributed by atoms with E-state index in [0.717, 1.165) is 11.4 Å². The van der Waals surface area contributed by atoms with E-state index in [4.69, 9.17) is 0 Å². The summed E-state index contributed by atoms with van der Waals surface area (Å²) in [6, 6.07) is 19.3. The fourth-order valence-corrected chi connectivity index (χ4v) is 2.88. The lowest BCUT2D eigenvalue weighted by atomic mass is 9.92. The van der Waals surface area contributed by atoms with Crippen molar-refractivity contribution in [1.29, 1.82) is 0 Å². The Balaban J connectivity index is 1.58. The van der Waals surface area contributed by atoms with E-state index in [1.165, 1.54) is 5.56 Å². The van der Waals surface area contributed by atoms with Crippen LogP contribution in [-0.4, -0.2) is 20.6 Å². The van der Waals surface area contributed by atoms with E-state index >= 15 is 0 Å². The van der Waals surface area contributed by atoms with Crippen LogP contribution in [0.2, 0.25) is 0 Å². The van der Waals surface area contributed by atoms with Crippen molar-refractivity contribution >= 4 is 5.91 Å². The maximum atomic E-state index is 12.3. The molecule has 1 amide bonds. The van der Waals surface area contributed by atoms with E-state index in [9.17, 15) is 9.90 Å². The summed E-state index contributed by atoms with van der Waals surface area (Å²) in [5, 5.41) is 13.4. The zero-order chi connectivity index (χ0) is 18.4. The fraction of sp³-hybridized carbons (Fsp3) is 0.238. The van der Waals surface area contributed by atoms with Gasteiger partial charge < -0.3 is 15.0 Å². The Morgan fingerprint density at radius 2 is 1.77 bits per heavy atom. The molecule has 26 heavy (non-hydrogen) atoms. The molecule has 0 radical (unpaired) electrons. The number of aromatic nitrogens is 2. The van der Waals surface area contributed by atoms with Gasteiger partial charge in [-0.15, -0.1) is 0 Å². The van der Waals surface area contributed by atoms with E-state index in [1.54, 1.807) is 13.1 Å². The van der Waals surface area contributed by atoms with Crippen molar-refractivity contribution in [3.8, 4) is 0 Å². The minimum atomic E-state index is -1.20. The number of carbonyl (C=O) groups excluding carboxylic acids is 1. The topological polar surface area (TPSA) is 67.2 Å². The van der Waals surface area contributed by atoms with Crippen LogP contribution in [0.5, 0.6) is 0 Å². The van der Waals surface area contributed by atoms with Crippen molar-refractivity contribution in [1.82, 2.24) is 14.9 Å². The predicted molar refractivity (Wildman–Crippen MR) is 100 cm³/mol. The Labute approximate surface area is 153 Å². The van der Waals surface area contributed by atoms with E-state index < -0.39 is 5.60 Å². The molecule has 0 aliphatic carbocycles. The minimum absolute atomic E-state index is 0.00356. The fourth-order valence-electron chi connectivity index (χ4n) is 2.88. The average molecular weight is 349 g/mol. The molecule has 0 fully saturated rings. The first-order valence-corrected chi connectivity index (χ1v) is 8.63. The molecule has 1 aromatic heterocycles. The molecule has 2 N–H and O–H groups in total. The van der Waals surface area contributed by atoms with Gasteiger partial charge in [0.2, 0.25) is 5.91 Å². The second-order valence-electron chi connectivity index (χ2n) is 6.55. The summed E-state index contributed by atoms with van der Waals surface area (Å²) in [6.07, 6.45) is 3.62. The second kappa shape index (κ2) is 7.97. The second-order valence-corrected chi connectivity index (χ2v) is 6.55. The van der Waals surface area contributed by atoms with Gasteiger partial charge >= 0.3 is 0 Å². The van der Waals surface area contributed by atoms with E-state index in [1.807, 2.05) is 59.3 Å². The molecule has 0 aliphatic heterocycles. The third-order valence-corrected chi connectivity index (χ3v) is 4.34. The Bertz CT molecular complexity index is 842. The van der Waals surface area contributed by atoms with Gasteiger partial charge in [-0.25, -0.2) is 4.98 Å². The Kier molecular flexibility index (Phi) is 5.49. The number of aliphatic hydroxyl groups is 1. The first kappa shape index (κ1) is 17.9. The summed E-state index contributed by atoms with van der Waals surface area (Å²) in [4.78, 5) is 16.6. The number of carbonyl (C=O) groups is 1. The van der Waals surface area contributed by atoms with Gasteiger partial charge in [-0.05, 0) is 18.1 Å². The highest BCUT2D eigenvalue weighted by Crippen LogP contribution is 2.23. The first-order valence-electron chi connectivity index (χ1n) is 8.63. The number of imidazole rings is 1. The molecule has 3 rings (SSSR count). The summed E-state index contributed by atoms with van der Waals surface area (Å²) in [5.74, 6) is 0.565. The van der Waals surface area contributed by atoms with Crippen molar-refractivity contribution in [3.05, 3.63) is 90.0 Å². The van der Waals surface area contributed by atoms with Crippen LogP contribution in [0.3, 0.4) is 0 Å². The number of nitrogens with zero attached hydrogens (tertiary/aromatic N) is 2. The Morgan fingerprint density at radius 1 is 1.12 bits per heavy atom. The number of amides is 1. The van der Waals surface area contributed by atoms with Crippen LogP contribution >= 0.6 is 0 Å². The molecular formula is C21H23N3O2. The number of hydrogen-bond donors (Lipinski definition) is 2. The van der Waals surface area contributed by atoms with Crippen molar-refractivity contribution in [2.45, 2.75) is 32.0 Å².